The molecule has 1 aliphatic rings. The molecule has 0 unspecified atom stereocenters. The Morgan fingerprint density at radius 3 is 3.08 bits per heavy atom. The van der Waals surface area contributed by atoms with E-state index in [2.05, 4.69) is 0 Å². The summed E-state index contributed by atoms with van der Waals surface area (Å²) in [5.74, 6) is 0.791. The fourth-order valence-corrected chi connectivity index (χ4v) is 1.50. The quantitative estimate of drug-likeness (QED) is 0.688. The molecule has 1 aliphatic heterocycles. The Morgan fingerprint density at radius 1 is 1.46 bits per heavy atom. The number of carbonyl (C=O) groups excluding carboxylic acids is 1. The fourth-order valence-electron chi connectivity index (χ4n) is 1.50. The van der Waals surface area contributed by atoms with Gasteiger partial charge in [-0.2, -0.15) is 0 Å². The van der Waals surface area contributed by atoms with Gasteiger partial charge in [-0.05, 0) is 11.6 Å². The van der Waals surface area contributed by atoms with Crippen LogP contribution in [-0.4, -0.2) is 17.5 Å². The van der Waals surface area contributed by atoms with Gasteiger partial charge in [0, 0.05) is 12.0 Å². The third-order valence-electron chi connectivity index (χ3n) is 2.16. The highest BCUT2D eigenvalue weighted by atomic mass is 16.5. The van der Waals surface area contributed by atoms with E-state index in [0.717, 1.165) is 16.9 Å². The SMILES string of the molecule is O=C1COc2cccc(CO)c2C1. The number of rotatable bonds is 1. The topological polar surface area (TPSA) is 46.5 Å². The molecule has 0 saturated heterocycles. The molecule has 0 saturated carbocycles. The van der Waals surface area contributed by atoms with Gasteiger partial charge in [-0.3, -0.25) is 4.79 Å². The molecule has 0 bridgehead atoms. The third kappa shape index (κ3) is 1.42. The highest BCUT2D eigenvalue weighted by Crippen LogP contribution is 2.26. The zero-order valence-corrected chi connectivity index (χ0v) is 7.12. The Morgan fingerprint density at radius 2 is 2.31 bits per heavy atom. The molecule has 3 heteroatoms. The van der Waals surface area contributed by atoms with Gasteiger partial charge in [0.15, 0.2) is 5.78 Å². The van der Waals surface area contributed by atoms with Crippen LogP contribution in [-0.2, 0) is 17.8 Å². The van der Waals surface area contributed by atoms with Crippen LogP contribution in [0, 0.1) is 0 Å². The molecule has 0 atom stereocenters. The van der Waals surface area contributed by atoms with E-state index in [0.29, 0.717) is 6.42 Å². The first-order chi connectivity index (χ1) is 6.31. The van der Waals surface area contributed by atoms with Crippen LogP contribution in [0.4, 0.5) is 0 Å². The largest absolute Gasteiger partial charge is 0.486 e. The molecule has 2 rings (SSSR count). The highest BCUT2D eigenvalue weighted by molar-refractivity contribution is 5.85. The van der Waals surface area contributed by atoms with Gasteiger partial charge < -0.3 is 9.84 Å². The number of aliphatic hydroxyl groups is 1. The number of ether oxygens (including phenoxy) is 1. The van der Waals surface area contributed by atoms with E-state index in [9.17, 15) is 4.79 Å². The number of benzene rings is 1. The molecule has 1 aromatic carbocycles. The molecule has 0 amide bonds. The minimum Gasteiger partial charge on any atom is -0.486 e. The van der Waals surface area contributed by atoms with Crippen molar-refractivity contribution in [2.45, 2.75) is 13.0 Å². The summed E-state index contributed by atoms with van der Waals surface area (Å²) in [5, 5.41) is 9.01. The van der Waals surface area contributed by atoms with Gasteiger partial charge in [0.25, 0.3) is 0 Å². The van der Waals surface area contributed by atoms with Crippen LogP contribution in [0.15, 0.2) is 18.2 Å². The summed E-state index contributed by atoms with van der Waals surface area (Å²) in [6.07, 6.45) is 0.381. The Balaban J connectivity index is 2.46. The number of aliphatic hydroxyl groups excluding tert-OH is 1. The van der Waals surface area contributed by atoms with Crippen LogP contribution >= 0.6 is 0 Å². The van der Waals surface area contributed by atoms with Crippen LogP contribution in [0.2, 0.25) is 0 Å². The molecular weight excluding hydrogens is 168 g/mol. The molecule has 0 radical (unpaired) electrons. The lowest BCUT2D eigenvalue weighted by Gasteiger charge is -2.18. The second-order valence-electron chi connectivity index (χ2n) is 3.06. The zero-order chi connectivity index (χ0) is 9.26. The molecule has 0 aromatic heterocycles. The summed E-state index contributed by atoms with van der Waals surface area (Å²) < 4.78 is 5.22. The van der Waals surface area contributed by atoms with Crippen molar-refractivity contribution in [3.05, 3.63) is 29.3 Å². The van der Waals surface area contributed by atoms with Crippen molar-refractivity contribution in [2.75, 3.05) is 6.61 Å². The monoisotopic (exact) mass is 178 g/mol. The van der Waals surface area contributed by atoms with Crippen molar-refractivity contribution in [1.29, 1.82) is 0 Å². The minimum absolute atomic E-state index is 0.0419. The number of fused-ring (bicyclic) bond motifs is 1. The Kier molecular flexibility index (Phi) is 2.02. The molecule has 13 heavy (non-hydrogen) atoms. The van der Waals surface area contributed by atoms with Gasteiger partial charge in [-0.25, -0.2) is 0 Å². The van der Waals surface area contributed by atoms with E-state index >= 15 is 0 Å². The van der Waals surface area contributed by atoms with Gasteiger partial charge >= 0.3 is 0 Å². The van der Waals surface area contributed by atoms with E-state index in [1.165, 1.54) is 0 Å². The van der Waals surface area contributed by atoms with Crippen molar-refractivity contribution in [3.8, 4) is 5.75 Å². The van der Waals surface area contributed by atoms with Gasteiger partial charge in [0.05, 0.1) is 6.61 Å². The summed E-state index contributed by atoms with van der Waals surface area (Å²) >= 11 is 0. The predicted octanol–water partition coefficient (Wildman–Crippen LogP) is 0.683. The molecule has 0 fully saturated rings. The predicted molar refractivity (Wildman–Crippen MR) is 46.6 cm³/mol. The van der Waals surface area contributed by atoms with Gasteiger partial charge in [-0.15, -0.1) is 0 Å². The second kappa shape index (κ2) is 3.18. The van der Waals surface area contributed by atoms with E-state index in [1.54, 1.807) is 6.07 Å². The maximum Gasteiger partial charge on any atom is 0.174 e. The normalized spacial score (nSPS) is 15.0. The average Bonchev–Trinajstić information content (AvgIpc) is 2.17. The first kappa shape index (κ1) is 8.26. The second-order valence-corrected chi connectivity index (χ2v) is 3.06. The summed E-state index contributed by atoms with van der Waals surface area (Å²) in [7, 11) is 0. The van der Waals surface area contributed by atoms with Crippen molar-refractivity contribution < 1.29 is 14.6 Å². The summed E-state index contributed by atoms with van der Waals surface area (Å²) in [5.41, 5.74) is 1.62. The molecule has 1 N–H and O–H groups in total. The lowest BCUT2D eigenvalue weighted by atomic mass is 10.00. The van der Waals surface area contributed by atoms with Gasteiger partial charge in [-0.1, -0.05) is 12.1 Å². The van der Waals surface area contributed by atoms with Gasteiger partial charge in [0.1, 0.15) is 12.4 Å². The maximum atomic E-state index is 11.1. The summed E-state index contributed by atoms with van der Waals surface area (Å²) in [4.78, 5) is 11.1. The molecule has 0 aliphatic carbocycles. The average molecular weight is 178 g/mol. The number of ketones is 1. The summed E-state index contributed by atoms with van der Waals surface area (Å²) in [6, 6.07) is 5.45. The van der Waals surface area contributed by atoms with Crippen LogP contribution in [0.5, 0.6) is 5.75 Å². The van der Waals surface area contributed by atoms with Crippen molar-refractivity contribution >= 4 is 5.78 Å². The Bertz CT molecular complexity index is 330. The lowest BCUT2D eigenvalue weighted by Crippen LogP contribution is -2.21. The molecule has 68 valence electrons. The molecule has 3 nitrogen and oxygen atoms in total. The van der Waals surface area contributed by atoms with E-state index in [1.807, 2.05) is 12.1 Å². The molecule has 1 aromatic rings. The highest BCUT2D eigenvalue weighted by Gasteiger charge is 2.18. The van der Waals surface area contributed by atoms with Crippen molar-refractivity contribution in [1.82, 2.24) is 0 Å². The minimum atomic E-state index is -0.0419. The number of hydrogen-bond donors (Lipinski definition) is 1. The van der Waals surface area contributed by atoms with E-state index < -0.39 is 0 Å². The standard InChI is InChI=1S/C10H10O3/c11-5-7-2-1-3-10-9(7)4-8(12)6-13-10/h1-3,11H,4-6H2. The van der Waals surface area contributed by atoms with E-state index in [4.69, 9.17) is 9.84 Å². The fraction of sp³-hybridized carbons (Fsp3) is 0.300. The van der Waals surface area contributed by atoms with Crippen molar-refractivity contribution in [2.24, 2.45) is 0 Å². The van der Waals surface area contributed by atoms with Crippen LogP contribution in [0.25, 0.3) is 0 Å². The smallest absolute Gasteiger partial charge is 0.174 e. The number of Topliss-reactive ketones (excluding diaryl/α,β-unsaturated/α-hetero) is 1. The Hall–Kier alpha value is -1.35. The number of hydrogen-bond acceptors (Lipinski definition) is 3. The maximum absolute atomic E-state index is 11.1. The summed E-state index contributed by atoms with van der Waals surface area (Å²) in [6.45, 7) is 0.113. The number of carbonyl (C=O) groups is 1. The molecule has 0 spiro atoms. The molecule has 1 heterocycles. The first-order valence-electron chi connectivity index (χ1n) is 4.17. The van der Waals surface area contributed by atoms with E-state index in [-0.39, 0.29) is 19.0 Å². The zero-order valence-electron chi connectivity index (χ0n) is 7.12. The van der Waals surface area contributed by atoms with Gasteiger partial charge in [0.2, 0.25) is 0 Å². The lowest BCUT2D eigenvalue weighted by molar-refractivity contribution is -0.121. The molecular formula is C10H10O3. The van der Waals surface area contributed by atoms with Crippen molar-refractivity contribution in [3.63, 3.8) is 0 Å². The first-order valence-corrected chi connectivity index (χ1v) is 4.17. The third-order valence-corrected chi connectivity index (χ3v) is 2.16. The van der Waals surface area contributed by atoms with Crippen LogP contribution in [0.3, 0.4) is 0 Å². The van der Waals surface area contributed by atoms with Crippen LogP contribution < -0.4 is 4.74 Å². The van der Waals surface area contributed by atoms with Crippen LogP contribution in [0.1, 0.15) is 11.1 Å². The Labute approximate surface area is 76.0 Å².